The van der Waals surface area contributed by atoms with Crippen LogP contribution in [0.4, 0.5) is 5.82 Å². The van der Waals surface area contributed by atoms with Gasteiger partial charge in [0.2, 0.25) is 5.95 Å². The van der Waals surface area contributed by atoms with Crippen molar-refractivity contribution in [3.63, 3.8) is 0 Å². The van der Waals surface area contributed by atoms with Crippen LogP contribution in [0.2, 0.25) is 0 Å². The zero-order chi connectivity index (χ0) is 21.1. The van der Waals surface area contributed by atoms with Gasteiger partial charge in [-0.3, -0.25) is 14.6 Å². The van der Waals surface area contributed by atoms with E-state index in [-0.39, 0.29) is 17.4 Å². The van der Waals surface area contributed by atoms with Gasteiger partial charge in [-0.25, -0.2) is 4.98 Å². The molecule has 0 radical (unpaired) electrons. The number of nitrogens with one attached hydrogen (secondary N) is 2. The quantitative estimate of drug-likeness (QED) is 0.535. The Kier molecular flexibility index (Phi) is 5.26. The maximum atomic E-state index is 12.8. The van der Waals surface area contributed by atoms with Gasteiger partial charge in [0.15, 0.2) is 0 Å². The number of H-pyrrole nitrogens is 1. The monoisotopic (exact) mass is 399 g/mol. The predicted molar refractivity (Wildman–Crippen MR) is 116 cm³/mol. The molecule has 30 heavy (non-hydrogen) atoms. The molecular formula is C23H21N5O2. The summed E-state index contributed by atoms with van der Waals surface area (Å²) in [4.78, 5) is 31.8. The highest BCUT2D eigenvalue weighted by Gasteiger charge is 2.14. The minimum Gasteiger partial charge on any atom is -0.306 e. The number of aryl methyl sites for hydroxylation is 2. The van der Waals surface area contributed by atoms with E-state index in [2.05, 4.69) is 20.4 Å². The molecule has 0 unspecified atom stereocenters. The van der Waals surface area contributed by atoms with Crippen molar-refractivity contribution in [2.75, 3.05) is 5.32 Å². The Morgan fingerprint density at radius 1 is 1.03 bits per heavy atom. The van der Waals surface area contributed by atoms with Crippen LogP contribution in [0.1, 0.15) is 28.7 Å². The van der Waals surface area contributed by atoms with E-state index in [0.717, 1.165) is 11.1 Å². The zero-order valence-electron chi connectivity index (χ0n) is 16.7. The molecule has 0 spiro atoms. The molecule has 150 valence electrons. The maximum Gasteiger partial charge on any atom is 0.256 e. The number of anilines is 1. The second kappa shape index (κ2) is 8.16. The SMILES string of the molecule is CCc1cc(=O)[nH]c(-n2nc(C)cc2NC(=O)c2ccc(-c3ccccc3)cc2)n1. The average Bonchev–Trinajstić information content (AvgIpc) is 3.14. The topological polar surface area (TPSA) is 92.7 Å². The van der Waals surface area contributed by atoms with E-state index in [1.165, 1.54) is 10.7 Å². The summed E-state index contributed by atoms with van der Waals surface area (Å²) in [5.41, 5.74) is 3.71. The number of hydrogen-bond acceptors (Lipinski definition) is 4. The van der Waals surface area contributed by atoms with Gasteiger partial charge in [-0.15, -0.1) is 0 Å². The molecule has 0 aliphatic heterocycles. The Morgan fingerprint density at radius 2 is 1.73 bits per heavy atom. The van der Waals surface area contributed by atoms with Gasteiger partial charge in [-0.1, -0.05) is 49.4 Å². The van der Waals surface area contributed by atoms with Crippen LogP contribution in [-0.4, -0.2) is 25.7 Å². The fraction of sp³-hybridized carbons (Fsp3) is 0.130. The lowest BCUT2D eigenvalue weighted by molar-refractivity contribution is 0.102. The van der Waals surface area contributed by atoms with Crippen LogP contribution in [0.25, 0.3) is 17.1 Å². The Hall–Kier alpha value is -4.00. The summed E-state index contributed by atoms with van der Waals surface area (Å²) in [6.07, 6.45) is 0.618. The van der Waals surface area contributed by atoms with Gasteiger partial charge in [0.05, 0.1) is 5.69 Å². The number of carbonyl (C=O) groups excluding carboxylic acids is 1. The molecule has 2 heterocycles. The molecule has 0 fully saturated rings. The first-order valence-corrected chi connectivity index (χ1v) is 9.67. The first kappa shape index (κ1) is 19.3. The molecule has 0 aliphatic rings. The lowest BCUT2D eigenvalue weighted by atomic mass is 10.0. The van der Waals surface area contributed by atoms with Crippen molar-refractivity contribution < 1.29 is 4.79 Å². The van der Waals surface area contributed by atoms with Gasteiger partial charge in [0, 0.05) is 23.4 Å². The van der Waals surface area contributed by atoms with Crippen LogP contribution in [0.15, 0.2) is 71.5 Å². The third-order valence-electron chi connectivity index (χ3n) is 4.67. The molecule has 7 heteroatoms. The van der Waals surface area contributed by atoms with Gasteiger partial charge in [0.25, 0.3) is 11.5 Å². The van der Waals surface area contributed by atoms with Crippen LogP contribution in [0.5, 0.6) is 0 Å². The van der Waals surface area contributed by atoms with Crippen molar-refractivity contribution in [1.82, 2.24) is 19.7 Å². The van der Waals surface area contributed by atoms with Crippen molar-refractivity contribution in [2.24, 2.45) is 0 Å². The molecular weight excluding hydrogens is 378 g/mol. The molecule has 0 aliphatic carbocycles. The van der Waals surface area contributed by atoms with Crippen LogP contribution < -0.4 is 10.9 Å². The molecule has 0 saturated carbocycles. The first-order chi connectivity index (χ1) is 14.5. The number of aromatic nitrogens is 4. The highest BCUT2D eigenvalue weighted by molar-refractivity contribution is 6.04. The molecule has 7 nitrogen and oxygen atoms in total. The smallest absolute Gasteiger partial charge is 0.256 e. The fourth-order valence-corrected chi connectivity index (χ4v) is 3.16. The van der Waals surface area contributed by atoms with Crippen LogP contribution in [0, 0.1) is 6.92 Å². The largest absolute Gasteiger partial charge is 0.306 e. The lowest BCUT2D eigenvalue weighted by Gasteiger charge is -2.09. The van der Waals surface area contributed by atoms with E-state index >= 15 is 0 Å². The summed E-state index contributed by atoms with van der Waals surface area (Å²) >= 11 is 0. The summed E-state index contributed by atoms with van der Waals surface area (Å²) in [5.74, 6) is 0.424. The van der Waals surface area contributed by atoms with Crippen molar-refractivity contribution in [2.45, 2.75) is 20.3 Å². The van der Waals surface area contributed by atoms with E-state index in [1.807, 2.05) is 56.3 Å². The van der Waals surface area contributed by atoms with Gasteiger partial charge >= 0.3 is 0 Å². The molecule has 4 aromatic rings. The number of aromatic amines is 1. The summed E-state index contributed by atoms with van der Waals surface area (Å²) in [7, 11) is 0. The number of amides is 1. The molecule has 2 aromatic carbocycles. The summed E-state index contributed by atoms with van der Waals surface area (Å²) in [5, 5.41) is 7.23. The van der Waals surface area contributed by atoms with E-state index in [4.69, 9.17) is 0 Å². The Morgan fingerprint density at radius 3 is 2.43 bits per heavy atom. The van der Waals surface area contributed by atoms with Crippen molar-refractivity contribution in [3.05, 3.63) is 94.0 Å². The summed E-state index contributed by atoms with van der Waals surface area (Å²) < 4.78 is 1.44. The zero-order valence-corrected chi connectivity index (χ0v) is 16.7. The van der Waals surface area contributed by atoms with Gasteiger partial charge in [0.1, 0.15) is 5.82 Å². The Bertz CT molecular complexity index is 1240. The summed E-state index contributed by atoms with van der Waals surface area (Å²) in [6, 6.07) is 20.5. The third-order valence-corrected chi connectivity index (χ3v) is 4.67. The lowest BCUT2D eigenvalue weighted by Crippen LogP contribution is -2.19. The molecule has 4 rings (SSSR count). The van der Waals surface area contributed by atoms with E-state index in [9.17, 15) is 9.59 Å². The minimum absolute atomic E-state index is 0.265. The van der Waals surface area contributed by atoms with Crippen LogP contribution in [-0.2, 0) is 6.42 Å². The normalized spacial score (nSPS) is 10.7. The minimum atomic E-state index is -0.273. The predicted octanol–water partition coefficient (Wildman–Crippen LogP) is 3.75. The van der Waals surface area contributed by atoms with E-state index < -0.39 is 0 Å². The van der Waals surface area contributed by atoms with Gasteiger partial charge < -0.3 is 5.32 Å². The van der Waals surface area contributed by atoms with Crippen molar-refractivity contribution >= 4 is 11.7 Å². The van der Waals surface area contributed by atoms with Crippen molar-refractivity contribution in [1.29, 1.82) is 0 Å². The standard InChI is InChI=1S/C23H21N5O2/c1-3-19-14-21(29)26-23(24-19)28-20(13-15(2)27-28)25-22(30)18-11-9-17(10-12-18)16-7-5-4-6-8-16/h4-14H,3H2,1-2H3,(H,25,30)(H,24,26,29). The van der Waals surface area contributed by atoms with Gasteiger partial charge in [-0.2, -0.15) is 9.78 Å². The number of hydrogen-bond donors (Lipinski definition) is 2. The van der Waals surface area contributed by atoms with E-state index in [0.29, 0.717) is 29.2 Å². The van der Waals surface area contributed by atoms with Crippen molar-refractivity contribution in [3.8, 4) is 17.1 Å². The van der Waals surface area contributed by atoms with Gasteiger partial charge in [-0.05, 0) is 36.6 Å². The first-order valence-electron chi connectivity index (χ1n) is 9.67. The average molecular weight is 399 g/mol. The number of carbonyl (C=O) groups is 1. The van der Waals surface area contributed by atoms with Crippen LogP contribution >= 0.6 is 0 Å². The number of benzene rings is 2. The highest BCUT2D eigenvalue weighted by Crippen LogP contribution is 2.20. The number of rotatable bonds is 5. The molecule has 0 atom stereocenters. The Labute approximate surface area is 173 Å². The Balaban J connectivity index is 1.60. The molecule has 1 amide bonds. The second-order valence-corrected chi connectivity index (χ2v) is 6.89. The summed E-state index contributed by atoms with van der Waals surface area (Å²) in [6.45, 7) is 3.73. The number of nitrogens with zero attached hydrogens (tertiary/aromatic N) is 3. The maximum absolute atomic E-state index is 12.8. The molecule has 0 saturated heterocycles. The third kappa shape index (κ3) is 4.05. The second-order valence-electron chi connectivity index (χ2n) is 6.89. The van der Waals surface area contributed by atoms with Crippen LogP contribution in [0.3, 0.4) is 0 Å². The molecule has 2 N–H and O–H groups in total. The highest BCUT2D eigenvalue weighted by atomic mass is 16.1. The fourth-order valence-electron chi connectivity index (χ4n) is 3.16. The van der Waals surface area contributed by atoms with E-state index in [1.54, 1.807) is 18.2 Å². The molecule has 0 bridgehead atoms. The molecule has 2 aromatic heterocycles.